The molecule has 3 atom stereocenters. The van der Waals surface area contributed by atoms with Crippen LogP contribution in [-0.2, 0) is 0 Å². The van der Waals surface area contributed by atoms with Crippen LogP contribution in [0.25, 0.3) is 0 Å². The first kappa shape index (κ1) is 14.3. The number of hydrogen-bond donors (Lipinski definition) is 1. The van der Waals surface area contributed by atoms with E-state index < -0.39 is 0 Å². The Morgan fingerprint density at radius 1 is 1.22 bits per heavy atom. The van der Waals surface area contributed by atoms with Crippen molar-refractivity contribution in [2.75, 3.05) is 26.2 Å². The summed E-state index contributed by atoms with van der Waals surface area (Å²) in [6, 6.07) is 0.726. The van der Waals surface area contributed by atoms with Gasteiger partial charge in [-0.25, -0.2) is 0 Å². The second-order valence-corrected chi connectivity index (χ2v) is 7.06. The Morgan fingerprint density at radius 3 is 2.72 bits per heavy atom. The van der Waals surface area contributed by atoms with E-state index in [9.17, 15) is 0 Å². The van der Waals surface area contributed by atoms with E-state index in [2.05, 4.69) is 31.0 Å². The third-order valence-electron chi connectivity index (χ3n) is 4.85. The first-order valence-corrected chi connectivity index (χ1v) is 8.11. The van der Waals surface area contributed by atoms with E-state index in [0.29, 0.717) is 0 Å². The number of nitrogens with zero attached hydrogens (tertiary/aromatic N) is 1. The topological polar surface area (TPSA) is 15.3 Å². The van der Waals surface area contributed by atoms with E-state index in [-0.39, 0.29) is 0 Å². The number of nitrogens with one attached hydrogen (secondary N) is 1. The third-order valence-corrected chi connectivity index (χ3v) is 4.85. The van der Waals surface area contributed by atoms with E-state index >= 15 is 0 Å². The molecular weight excluding hydrogens is 220 g/mol. The van der Waals surface area contributed by atoms with Crippen LogP contribution in [0.15, 0.2) is 0 Å². The summed E-state index contributed by atoms with van der Waals surface area (Å²) in [6.45, 7) is 12.3. The molecule has 0 radical (unpaired) electrons. The highest BCUT2D eigenvalue weighted by Crippen LogP contribution is 2.32. The number of rotatable bonds is 4. The highest BCUT2D eigenvalue weighted by molar-refractivity contribution is 4.82. The van der Waals surface area contributed by atoms with Crippen LogP contribution in [0.4, 0.5) is 0 Å². The molecule has 2 aliphatic rings. The van der Waals surface area contributed by atoms with Gasteiger partial charge in [0.05, 0.1) is 0 Å². The SMILES string of the molecule is CC(C)CC1CN(CC2CCCC2C)CCCN1. The maximum absolute atomic E-state index is 3.74. The van der Waals surface area contributed by atoms with Crippen molar-refractivity contribution in [2.45, 2.75) is 58.9 Å². The molecule has 106 valence electrons. The quantitative estimate of drug-likeness (QED) is 0.827. The van der Waals surface area contributed by atoms with Gasteiger partial charge in [0.1, 0.15) is 0 Å². The highest BCUT2D eigenvalue weighted by atomic mass is 15.2. The van der Waals surface area contributed by atoms with Gasteiger partial charge in [-0.2, -0.15) is 0 Å². The van der Waals surface area contributed by atoms with Gasteiger partial charge in [0.25, 0.3) is 0 Å². The molecule has 18 heavy (non-hydrogen) atoms. The lowest BCUT2D eigenvalue weighted by Gasteiger charge is -2.29. The lowest BCUT2D eigenvalue weighted by atomic mass is 9.97. The first-order valence-electron chi connectivity index (χ1n) is 8.11. The van der Waals surface area contributed by atoms with Crippen LogP contribution in [0.1, 0.15) is 52.9 Å². The van der Waals surface area contributed by atoms with Crippen molar-refractivity contribution >= 4 is 0 Å². The predicted octanol–water partition coefficient (Wildman–Crippen LogP) is 3.13. The average molecular weight is 252 g/mol. The van der Waals surface area contributed by atoms with Crippen LogP contribution in [0.3, 0.4) is 0 Å². The van der Waals surface area contributed by atoms with Crippen LogP contribution in [-0.4, -0.2) is 37.1 Å². The van der Waals surface area contributed by atoms with Crippen molar-refractivity contribution in [3.8, 4) is 0 Å². The number of hydrogen-bond acceptors (Lipinski definition) is 2. The van der Waals surface area contributed by atoms with Gasteiger partial charge in [-0.15, -0.1) is 0 Å². The first-order chi connectivity index (χ1) is 8.65. The Bertz CT molecular complexity index is 239. The minimum absolute atomic E-state index is 0.726. The zero-order valence-electron chi connectivity index (χ0n) is 12.6. The molecule has 1 saturated heterocycles. The van der Waals surface area contributed by atoms with Crippen molar-refractivity contribution in [1.82, 2.24) is 10.2 Å². The van der Waals surface area contributed by atoms with Gasteiger partial charge in [-0.3, -0.25) is 0 Å². The van der Waals surface area contributed by atoms with Crippen LogP contribution in [0.5, 0.6) is 0 Å². The van der Waals surface area contributed by atoms with Crippen LogP contribution < -0.4 is 5.32 Å². The van der Waals surface area contributed by atoms with Crippen LogP contribution in [0, 0.1) is 17.8 Å². The zero-order valence-corrected chi connectivity index (χ0v) is 12.6. The van der Waals surface area contributed by atoms with Gasteiger partial charge in [0, 0.05) is 19.1 Å². The molecule has 2 nitrogen and oxygen atoms in total. The molecule has 0 spiro atoms. The van der Waals surface area contributed by atoms with Gasteiger partial charge >= 0.3 is 0 Å². The van der Waals surface area contributed by atoms with E-state index in [0.717, 1.165) is 23.8 Å². The van der Waals surface area contributed by atoms with E-state index in [1.165, 1.54) is 58.3 Å². The van der Waals surface area contributed by atoms with Crippen molar-refractivity contribution in [3.05, 3.63) is 0 Å². The molecule has 0 aromatic carbocycles. The van der Waals surface area contributed by atoms with Gasteiger partial charge in [-0.1, -0.05) is 33.6 Å². The molecule has 1 saturated carbocycles. The summed E-state index contributed by atoms with van der Waals surface area (Å²) >= 11 is 0. The molecule has 0 amide bonds. The van der Waals surface area contributed by atoms with E-state index in [4.69, 9.17) is 0 Å². The van der Waals surface area contributed by atoms with Crippen LogP contribution >= 0.6 is 0 Å². The zero-order chi connectivity index (χ0) is 13.0. The second-order valence-electron chi connectivity index (χ2n) is 7.06. The molecule has 1 aliphatic heterocycles. The molecular formula is C16H32N2. The Balaban J connectivity index is 1.82. The molecule has 0 aromatic heterocycles. The maximum Gasteiger partial charge on any atom is 0.0197 e. The van der Waals surface area contributed by atoms with Crippen molar-refractivity contribution < 1.29 is 0 Å². The van der Waals surface area contributed by atoms with Gasteiger partial charge in [0.15, 0.2) is 0 Å². The molecule has 0 aromatic rings. The Kier molecular flexibility index (Phi) is 5.50. The smallest absolute Gasteiger partial charge is 0.0197 e. The molecule has 3 unspecified atom stereocenters. The minimum atomic E-state index is 0.726. The minimum Gasteiger partial charge on any atom is -0.313 e. The van der Waals surface area contributed by atoms with Gasteiger partial charge in [0.2, 0.25) is 0 Å². The summed E-state index contributed by atoms with van der Waals surface area (Å²) in [5.74, 6) is 2.75. The Labute approximate surface area is 114 Å². The maximum atomic E-state index is 3.74. The predicted molar refractivity (Wildman–Crippen MR) is 78.8 cm³/mol. The Hall–Kier alpha value is -0.0800. The van der Waals surface area contributed by atoms with E-state index in [1.807, 2.05) is 0 Å². The molecule has 0 bridgehead atoms. The average Bonchev–Trinajstić information content (AvgIpc) is 2.58. The summed E-state index contributed by atoms with van der Waals surface area (Å²) in [7, 11) is 0. The van der Waals surface area contributed by atoms with E-state index in [1.54, 1.807) is 0 Å². The van der Waals surface area contributed by atoms with Crippen molar-refractivity contribution in [3.63, 3.8) is 0 Å². The molecule has 2 fully saturated rings. The standard InChI is InChI=1S/C16H32N2/c1-13(2)10-16-12-18(9-5-8-17-16)11-15-7-4-6-14(15)3/h13-17H,4-12H2,1-3H3. The summed E-state index contributed by atoms with van der Waals surface area (Å²) in [5, 5.41) is 3.74. The third kappa shape index (κ3) is 4.24. The lowest BCUT2D eigenvalue weighted by Crippen LogP contribution is -2.40. The fraction of sp³-hybridized carbons (Fsp3) is 1.00. The monoisotopic (exact) mass is 252 g/mol. The largest absolute Gasteiger partial charge is 0.313 e. The Morgan fingerprint density at radius 2 is 2.06 bits per heavy atom. The molecule has 1 aliphatic carbocycles. The fourth-order valence-corrected chi connectivity index (χ4v) is 3.79. The molecule has 1 heterocycles. The summed E-state index contributed by atoms with van der Waals surface area (Å²) in [6.07, 6.45) is 7.06. The molecule has 2 rings (SSSR count). The fourth-order valence-electron chi connectivity index (χ4n) is 3.79. The normalized spacial score (nSPS) is 35.0. The van der Waals surface area contributed by atoms with Crippen LogP contribution in [0.2, 0.25) is 0 Å². The molecule has 1 N–H and O–H groups in total. The second kappa shape index (κ2) is 6.91. The summed E-state index contributed by atoms with van der Waals surface area (Å²) in [5.41, 5.74) is 0. The molecule has 2 heteroatoms. The lowest BCUT2D eigenvalue weighted by molar-refractivity contribution is 0.201. The summed E-state index contributed by atoms with van der Waals surface area (Å²) < 4.78 is 0. The van der Waals surface area contributed by atoms with Gasteiger partial charge in [-0.05, 0) is 50.1 Å². The van der Waals surface area contributed by atoms with Gasteiger partial charge < -0.3 is 10.2 Å². The summed E-state index contributed by atoms with van der Waals surface area (Å²) in [4.78, 5) is 2.75. The van der Waals surface area contributed by atoms with Crippen molar-refractivity contribution in [1.29, 1.82) is 0 Å². The van der Waals surface area contributed by atoms with Crippen molar-refractivity contribution in [2.24, 2.45) is 17.8 Å². The highest BCUT2D eigenvalue weighted by Gasteiger charge is 2.27.